The van der Waals surface area contributed by atoms with Crippen molar-refractivity contribution in [2.45, 2.75) is 39.2 Å². The molecular weight excluding hydrogens is 166 g/mol. The summed E-state index contributed by atoms with van der Waals surface area (Å²) in [5.74, 6) is 0.198. The minimum Gasteiger partial charge on any atom is -0.480 e. The first-order valence-electron chi connectivity index (χ1n) is 5.07. The lowest BCUT2D eigenvalue weighted by Crippen LogP contribution is -2.46. The summed E-state index contributed by atoms with van der Waals surface area (Å²) >= 11 is 0. The number of carboxylic acids is 1. The molecule has 1 aliphatic rings. The first-order valence-corrected chi connectivity index (χ1v) is 5.07. The second kappa shape index (κ2) is 4.61. The number of rotatable bonds is 5. The average Bonchev–Trinajstić information content (AvgIpc) is 1.92. The molecule has 1 fully saturated rings. The summed E-state index contributed by atoms with van der Waals surface area (Å²) < 4.78 is 0. The summed E-state index contributed by atoms with van der Waals surface area (Å²) in [5.41, 5.74) is 0. The Morgan fingerprint density at radius 1 is 1.54 bits per heavy atom. The van der Waals surface area contributed by atoms with Crippen molar-refractivity contribution in [2.75, 3.05) is 6.54 Å². The summed E-state index contributed by atoms with van der Waals surface area (Å²) in [7, 11) is 0. The van der Waals surface area contributed by atoms with Crippen LogP contribution in [0.15, 0.2) is 0 Å². The van der Waals surface area contributed by atoms with Gasteiger partial charge in [-0.05, 0) is 31.2 Å². The van der Waals surface area contributed by atoms with Crippen LogP contribution in [0.25, 0.3) is 0 Å². The van der Waals surface area contributed by atoms with Crippen molar-refractivity contribution in [1.82, 2.24) is 5.32 Å². The summed E-state index contributed by atoms with van der Waals surface area (Å²) in [5, 5.41) is 12.1. The lowest BCUT2D eigenvalue weighted by molar-refractivity contribution is -0.142. The van der Waals surface area contributed by atoms with Gasteiger partial charge in [0.05, 0.1) is 0 Å². The molecule has 0 saturated heterocycles. The number of hydrogen-bond donors (Lipinski definition) is 2. The second-order valence-corrected chi connectivity index (χ2v) is 4.31. The first kappa shape index (κ1) is 10.5. The average molecular weight is 185 g/mol. The topological polar surface area (TPSA) is 49.3 Å². The Bertz CT molecular complexity index is 176. The summed E-state index contributed by atoms with van der Waals surface area (Å²) in [6, 6.07) is -0.309. The second-order valence-electron chi connectivity index (χ2n) is 4.31. The van der Waals surface area contributed by atoms with Gasteiger partial charge in [0, 0.05) is 0 Å². The molecule has 0 amide bonds. The number of hydrogen-bond acceptors (Lipinski definition) is 2. The Morgan fingerprint density at radius 3 is 2.46 bits per heavy atom. The van der Waals surface area contributed by atoms with Crippen LogP contribution < -0.4 is 5.32 Å². The molecule has 0 spiro atoms. The third-order valence-electron chi connectivity index (χ3n) is 2.63. The van der Waals surface area contributed by atoms with Gasteiger partial charge in [-0.3, -0.25) is 4.79 Å². The maximum absolute atomic E-state index is 10.9. The van der Waals surface area contributed by atoms with Gasteiger partial charge in [0.1, 0.15) is 6.04 Å². The van der Waals surface area contributed by atoms with Gasteiger partial charge in [0.2, 0.25) is 0 Å². The van der Waals surface area contributed by atoms with Gasteiger partial charge in [-0.15, -0.1) is 0 Å². The largest absolute Gasteiger partial charge is 0.480 e. The van der Waals surface area contributed by atoms with Crippen molar-refractivity contribution >= 4 is 5.97 Å². The van der Waals surface area contributed by atoms with Crippen molar-refractivity contribution in [1.29, 1.82) is 0 Å². The van der Waals surface area contributed by atoms with E-state index in [2.05, 4.69) is 19.2 Å². The normalized spacial score (nSPS) is 19.9. The Morgan fingerprint density at radius 2 is 2.15 bits per heavy atom. The molecule has 0 aromatic rings. The Labute approximate surface area is 79.5 Å². The van der Waals surface area contributed by atoms with Gasteiger partial charge in [-0.1, -0.05) is 20.3 Å². The van der Waals surface area contributed by atoms with Crippen LogP contribution in [0, 0.1) is 11.8 Å². The predicted molar refractivity (Wildman–Crippen MR) is 51.6 cm³/mol. The van der Waals surface area contributed by atoms with Gasteiger partial charge in [-0.25, -0.2) is 0 Å². The third kappa shape index (κ3) is 2.99. The van der Waals surface area contributed by atoms with Gasteiger partial charge in [0.25, 0.3) is 0 Å². The molecule has 3 heteroatoms. The molecule has 0 aromatic carbocycles. The maximum atomic E-state index is 10.9. The lowest BCUT2D eigenvalue weighted by atomic mass is 9.79. The van der Waals surface area contributed by atoms with Gasteiger partial charge >= 0.3 is 5.97 Å². The lowest BCUT2D eigenvalue weighted by Gasteiger charge is -2.32. The summed E-state index contributed by atoms with van der Waals surface area (Å²) in [4.78, 5) is 10.9. The van der Waals surface area contributed by atoms with E-state index in [9.17, 15) is 4.79 Å². The number of carboxylic acid groups (broad SMARTS) is 1. The van der Waals surface area contributed by atoms with Gasteiger partial charge in [0.15, 0.2) is 0 Å². The molecule has 1 atom stereocenters. The summed E-state index contributed by atoms with van der Waals surface area (Å²) in [6.07, 6.45) is 3.34. The van der Waals surface area contributed by atoms with E-state index in [0.29, 0.717) is 11.8 Å². The highest BCUT2D eigenvalue weighted by atomic mass is 16.4. The van der Waals surface area contributed by atoms with Crippen LogP contribution in [0.2, 0.25) is 0 Å². The highest BCUT2D eigenvalue weighted by Gasteiger charge is 2.31. The molecule has 1 unspecified atom stereocenters. The van der Waals surface area contributed by atoms with Crippen LogP contribution >= 0.6 is 0 Å². The fourth-order valence-electron chi connectivity index (χ4n) is 1.59. The zero-order chi connectivity index (χ0) is 9.84. The Kier molecular flexibility index (Phi) is 3.72. The molecule has 1 saturated carbocycles. The van der Waals surface area contributed by atoms with E-state index in [1.54, 1.807) is 0 Å². The minimum atomic E-state index is -0.689. The molecule has 0 heterocycles. The minimum absolute atomic E-state index is 0.309. The van der Waals surface area contributed by atoms with E-state index < -0.39 is 5.97 Å². The SMILES string of the molecule is CC(C)CNC(C(=O)O)C1CCC1. The molecule has 0 aromatic heterocycles. The number of carbonyl (C=O) groups is 1. The fourth-order valence-corrected chi connectivity index (χ4v) is 1.59. The molecule has 76 valence electrons. The van der Waals surface area contributed by atoms with Gasteiger partial charge < -0.3 is 10.4 Å². The van der Waals surface area contributed by atoms with E-state index >= 15 is 0 Å². The van der Waals surface area contributed by atoms with E-state index in [4.69, 9.17) is 5.11 Å². The van der Waals surface area contributed by atoms with Crippen molar-refractivity contribution in [3.05, 3.63) is 0 Å². The van der Waals surface area contributed by atoms with Crippen LogP contribution in [-0.4, -0.2) is 23.7 Å². The zero-order valence-corrected chi connectivity index (χ0v) is 8.42. The van der Waals surface area contributed by atoms with Crippen LogP contribution in [0.1, 0.15) is 33.1 Å². The van der Waals surface area contributed by atoms with Crippen molar-refractivity contribution < 1.29 is 9.90 Å². The Balaban J connectivity index is 2.33. The van der Waals surface area contributed by atoms with E-state index in [0.717, 1.165) is 19.4 Å². The monoisotopic (exact) mass is 185 g/mol. The van der Waals surface area contributed by atoms with Crippen molar-refractivity contribution in [3.63, 3.8) is 0 Å². The van der Waals surface area contributed by atoms with E-state index in [1.807, 2.05) is 0 Å². The van der Waals surface area contributed by atoms with E-state index in [-0.39, 0.29) is 6.04 Å². The molecular formula is C10H19NO2. The molecule has 1 rings (SSSR count). The quantitative estimate of drug-likeness (QED) is 0.682. The third-order valence-corrected chi connectivity index (χ3v) is 2.63. The molecule has 0 bridgehead atoms. The number of nitrogens with one attached hydrogen (secondary N) is 1. The van der Waals surface area contributed by atoms with Gasteiger partial charge in [-0.2, -0.15) is 0 Å². The highest BCUT2D eigenvalue weighted by molar-refractivity contribution is 5.74. The predicted octanol–water partition coefficient (Wildman–Crippen LogP) is 1.49. The van der Waals surface area contributed by atoms with Crippen LogP contribution in [-0.2, 0) is 4.79 Å². The standard InChI is InChI=1S/C10H19NO2/c1-7(2)6-11-9(10(12)13)8-4-3-5-8/h7-9,11H,3-6H2,1-2H3,(H,12,13). The van der Waals surface area contributed by atoms with E-state index in [1.165, 1.54) is 6.42 Å². The smallest absolute Gasteiger partial charge is 0.320 e. The first-order chi connectivity index (χ1) is 6.11. The molecule has 3 nitrogen and oxygen atoms in total. The van der Waals surface area contributed by atoms with Crippen LogP contribution in [0.3, 0.4) is 0 Å². The summed E-state index contributed by atoms with van der Waals surface area (Å²) in [6.45, 7) is 4.98. The molecule has 2 N–H and O–H groups in total. The van der Waals surface area contributed by atoms with Crippen LogP contribution in [0.4, 0.5) is 0 Å². The fraction of sp³-hybridized carbons (Fsp3) is 0.900. The highest BCUT2D eigenvalue weighted by Crippen LogP contribution is 2.29. The van der Waals surface area contributed by atoms with Crippen molar-refractivity contribution in [2.24, 2.45) is 11.8 Å². The molecule has 0 radical (unpaired) electrons. The van der Waals surface area contributed by atoms with Crippen LogP contribution in [0.5, 0.6) is 0 Å². The maximum Gasteiger partial charge on any atom is 0.320 e. The molecule has 0 aliphatic heterocycles. The van der Waals surface area contributed by atoms with Crippen molar-refractivity contribution in [3.8, 4) is 0 Å². The zero-order valence-electron chi connectivity index (χ0n) is 8.42. The number of aliphatic carboxylic acids is 1. The Hall–Kier alpha value is -0.570. The molecule has 13 heavy (non-hydrogen) atoms. The molecule has 1 aliphatic carbocycles.